The third-order valence-electron chi connectivity index (χ3n) is 3.39. The van der Waals surface area contributed by atoms with Crippen molar-refractivity contribution in [3.63, 3.8) is 0 Å². The Morgan fingerprint density at radius 1 is 1.25 bits per heavy atom. The van der Waals surface area contributed by atoms with Crippen LogP contribution in [0, 0.1) is 5.82 Å². The highest BCUT2D eigenvalue weighted by Gasteiger charge is 2.27. The molecule has 1 aliphatic rings. The van der Waals surface area contributed by atoms with Crippen LogP contribution in [0.2, 0.25) is 0 Å². The van der Waals surface area contributed by atoms with Gasteiger partial charge in [-0.15, -0.1) is 0 Å². The van der Waals surface area contributed by atoms with Gasteiger partial charge in [-0.05, 0) is 29.8 Å². The predicted molar refractivity (Wildman–Crippen MR) is 77.1 cm³/mol. The summed E-state index contributed by atoms with van der Waals surface area (Å²) in [6.07, 6.45) is 0.172. The first-order chi connectivity index (χ1) is 9.52. The molecule has 0 saturated carbocycles. The zero-order valence-electron chi connectivity index (χ0n) is 10.5. The van der Waals surface area contributed by atoms with Crippen LogP contribution in [0.4, 0.5) is 4.39 Å². The molecule has 5 heteroatoms. The lowest BCUT2D eigenvalue weighted by molar-refractivity contribution is 0.160. The molecule has 0 spiro atoms. The van der Waals surface area contributed by atoms with Crippen LogP contribution >= 0.6 is 15.9 Å². The first-order valence-corrected chi connectivity index (χ1v) is 7.03. The van der Waals surface area contributed by atoms with E-state index >= 15 is 0 Å². The molecule has 20 heavy (non-hydrogen) atoms. The number of halogens is 2. The van der Waals surface area contributed by atoms with Gasteiger partial charge < -0.3 is 15.6 Å². The van der Waals surface area contributed by atoms with E-state index < -0.39 is 5.82 Å². The maximum absolute atomic E-state index is 13.4. The number of fused-ring (bicyclic) bond motifs is 1. The number of benzene rings is 2. The SMILES string of the molecule is N[C@H]1CC(c2cc(O)cc(F)c2)Oc2cc(Br)ccc21. The smallest absolute Gasteiger partial charge is 0.127 e. The molecule has 0 aromatic heterocycles. The Morgan fingerprint density at radius 2 is 2.05 bits per heavy atom. The number of ether oxygens (including phenoxy) is 1. The summed E-state index contributed by atoms with van der Waals surface area (Å²) in [4.78, 5) is 0. The van der Waals surface area contributed by atoms with Crippen LogP contribution < -0.4 is 10.5 Å². The monoisotopic (exact) mass is 337 g/mol. The summed E-state index contributed by atoms with van der Waals surface area (Å²) in [5.74, 6) is 0.0845. The van der Waals surface area contributed by atoms with Gasteiger partial charge in [0.1, 0.15) is 23.4 Å². The molecule has 0 bridgehead atoms. The van der Waals surface area contributed by atoms with Gasteiger partial charge >= 0.3 is 0 Å². The first kappa shape index (κ1) is 13.4. The molecule has 1 aliphatic heterocycles. The van der Waals surface area contributed by atoms with Gasteiger partial charge in [0, 0.05) is 28.6 Å². The molecular formula is C15H13BrFNO2. The fourth-order valence-electron chi connectivity index (χ4n) is 2.46. The standard InChI is InChI=1S/C15H13BrFNO2/c16-9-1-2-12-13(18)7-14(20-15(12)5-9)8-3-10(17)6-11(19)4-8/h1-6,13-14,19H,7,18H2/t13-,14?/m0/s1. The number of hydrogen-bond acceptors (Lipinski definition) is 3. The number of nitrogens with two attached hydrogens (primary N) is 1. The Balaban J connectivity index is 1.98. The molecule has 0 fully saturated rings. The maximum atomic E-state index is 13.4. The summed E-state index contributed by atoms with van der Waals surface area (Å²) in [7, 11) is 0. The molecule has 2 aromatic rings. The fraction of sp³-hybridized carbons (Fsp3) is 0.200. The first-order valence-electron chi connectivity index (χ1n) is 6.24. The third-order valence-corrected chi connectivity index (χ3v) is 3.88. The average Bonchev–Trinajstić information content (AvgIpc) is 2.36. The Bertz CT molecular complexity index is 642. The van der Waals surface area contributed by atoms with E-state index in [1.54, 1.807) is 0 Å². The fourth-order valence-corrected chi connectivity index (χ4v) is 2.80. The average molecular weight is 338 g/mol. The number of aromatic hydroxyl groups is 1. The zero-order chi connectivity index (χ0) is 14.3. The van der Waals surface area contributed by atoms with Gasteiger partial charge in [0.15, 0.2) is 0 Å². The van der Waals surface area contributed by atoms with E-state index in [2.05, 4.69) is 15.9 Å². The summed E-state index contributed by atoms with van der Waals surface area (Å²) in [5, 5.41) is 9.50. The number of rotatable bonds is 1. The van der Waals surface area contributed by atoms with Crippen molar-refractivity contribution in [2.45, 2.75) is 18.6 Å². The molecular weight excluding hydrogens is 325 g/mol. The normalized spacial score (nSPS) is 21.1. The van der Waals surface area contributed by atoms with Crippen LogP contribution in [-0.4, -0.2) is 5.11 Å². The van der Waals surface area contributed by atoms with Crippen LogP contribution in [-0.2, 0) is 0 Å². The topological polar surface area (TPSA) is 55.5 Å². The summed E-state index contributed by atoms with van der Waals surface area (Å²) >= 11 is 3.39. The third kappa shape index (κ3) is 2.51. The van der Waals surface area contributed by atoms with Crippen molar-refractivity contribution >= 4 is 15.9 Å². The molecule has 0 aliphatic carbocycles. The lowest BCUT2D eigenvalue weighted by Crippen LogP contribution is -2.24. The Hall–Kier alpha value is -1.59. The summed E-state index contributed by atoms with van der Waals surface area (Å²) < 4.78 is 20.2. The predicted octanol–water partition coefficient (Wildman–Crippen LogP) is 3.82. The van der Waals surface area contributed by atoms with Crippen molar-refractivity contribution in [3.05, 3.63) is 57.8 Å². The molecule has 0 saturated heterocycles. The lowest BCUT2D eigenvalue weighted by atomic mass is 9.93. The highest BCUT2D eigenvalue weighted by molar-refractivity contribution is 9.10. The van der Waals surface area contributed by atoms with Gasteiger partial charge in [-0.3, -0.25) is 0 Å². The van der Waals surface area contributed by atoms with E-state index in [1.165, 1.54) is 12.1 Å². The van der Waals surface area contributed by atoms with Crippen molar-refractivity contribution in [2.24, 2.45) is 5.73 Å². The van der Waals surface area contributed by atoms with Gasteiger partial charge in [0.25, 0.3) is 0 Å². The van der Waals surface area contributed by atoms with Gasteiger partial charge in [-0.1, -0.05) is 22.0 Å². The molecule has 1 unspecified atom stereocenters. The summed E-state index contributed by atoms with van der Waals surface area (Å²) in [5.41, 5.74) is 7.67. The van der Waals surface area contributed by atoms with Gasteiger partial charge in [0.2, 0.25) is 0 Å². The molecule has 3 nitrogen and oxygen atoms in total. The maximum Gasteiger partial charge on any atom is 0.127 e. The van der Waals surface area contributed by atoms with Crippen LogP contribution in [0.5, 0.6) is 11.5 Å². The second-order valence-electron chi connectivity index (χ2n) is 4.87. The second kappa shape index (κ2) is 5.07. The Labute approximate surface area is 124 Å². The number of phenolic OH excluding ortho intramolecular Hbond substituents is 1. The van der Waals surface area contributed by atoms with Crippen molar-refractivity contribution in [3.8, 4) is 11.5 Å². The summed E-state index contributed by atoms with van der Waals surface area (Å²) in [6.45, 7) is 0. The minimum absolute atomic E-state index is 0.114. The highest BCUT2D eigenvalue weighted by Crippen LogP contribution is 2.41. The number of hydrogen-bond donors (Lipinski definition) is 2. The van der Waals surface area contributed by atoms with E-state index in [-0.39, 0.29) is 17.9 Å². The molecule has 0 amide bonds. The Kier molecular flexibility index (Phi) is 3.40. The molecule has 0 radical (unpaired) electrons. The van der Waals surface area contributed by atoms with Gasteiger partial charge in [0.05, 0.1) is 0 Å². The van der Waals surface area contributed by atoms with Crippen molar-refractivity contribution < 1.29 is 14.2 Å². The molecule has 2 atom stereocenters. The van der Waals surface area contributed by atoms with Crippen LogP contribution in [0.25, 0.3) is 0 Å². The van der Waals surface area contributed by atoms with Crippen LogP contribution in [0.3, 0.4) is 0 Å². The van der Waals surface area contributed by atoms with E-state index in [9.17, 15) is 9.50 Å². The molecule has 3 rings (SSSR count). The minimum atomic E-state index is -0.489. The Morgan fingerprint density at radius 3 is 2.80 bits per heavy atom. The molecule has 104 valence electrons. The minimum Gasteiger partial charge on any atom is -0.508 e. The highest BCUT2D eigenvalue weighted by atomic mass is 79.9. The summed E-state index contributed by atoms with van der Waals surface area (Å²) in [6, 6.07) is 9.43. The molecule has 2 aromatic carbocycles. The number of phenols is 1. The van der Waals surface area contributed by atoms with E-state index in [0.717, 1.165) is 16.1 Å². The quantitative estimate of drug-likeness (QED) is 0.831. The van der Waals surface area contributed by atoms with Crippen LogP contribution in [0.1, 0.15) is 29.7 Å². The second-order valence-corrected chi connectivity index (χ2v) is 5.79. The molecule has 1 heterocycles. The van der Waals surface area contributed by atoms with E-state index in [4.69, 9.17) is 10.5 Å². The van der Waals surface area contributed by atoms with Crippen LogP contribution in [0.15, 0.2) is 40.9 Å². The molecule has 3 N–H and O–H groups in total. The van der Waals surface area contributed by atoms with E-state index in [1.807, 2.05) is 18.2 Å². The largest absolute Gasteiger partial charge is 0.508 e. The van der Waals surface area contributed by atoms with Gasteiger partial charge in [-0.2, -0.15) is 0 Å². The van der Waals surface area contributed by atoms with Gasteiger partial charge in [-0.25, -0.2) is 4.39 Å². The van der Waals surface area contributed by atoms with E-state index in [0.29, 0.717) is 17.7 Å². The van der Waals surface area contributed by atoms with Crippen molar-refractivity contribution in [1.82, 2.24) is 0 Å². The lowest BCUT2D eigenvalue weighted by Gasteiger charge is -2.30. The van der Waals surface area contributed by atoms with Crippen molar-refractivity contribution in [1.29, 1.82) is 0 Å². The zero-order valence-corrected chi connectivity index (χ0v) is 12.1. The van der Waals surface area contributed by atoms with Crippen molar-refractivity contribution in [2.75, 3.05) is 0 Å².